The molecule has 1 aromatic heterocycles. The molecule has 0 N–H and O–H groups in total. The van der Waals surface area contributed by atoms with Gasteiger partial charge in [0.25, 0.3) is 5.91 Å². The van der Waals surface area contributed by atoms with Crippen molar-refractivity contribution in [2.75, 3.05) is 0 Å². The molecule has 4 heteroatoms. The van der Waals surface area contributed by atoms with Gasteiger partial charge in [-0.25, -0.2) is 4.39 Å². The van der Waals surface area contributed by atoms with Crippen molar-refractivity contribution in [2.24, 2.45) is 0 Å². The highest BCUT2D eigenvalue weighted by Crippen LogP contribution is 2.30. The fourth-order valence-corrected chi connectivity index (χ4v) is 3.24. The van der Waals surface area contributed by atoms with Crippen molar-refractivity contribution in [3.05, 3.63) is 95.6 Å². The second kappa shape index (κ2) is 7.16. The Balaban J connectivity index is 1.55. The largest absolute Gasteiger partial charge is 0.345 e. The van der Waals surface area contributed by atoms with Crippen molar-refractivity contribution in [3.8, 4) is 0 Å². The second-order valence-electron chi connectivity index (χ2n) is 6.79. The molecule has 0 bridgehead atoms. The van der Waals surface area contributed by atoms with Crippen LogP contribution in [0.5, 0.6) is 0 Å². The van der Waals surface area contributed by atoms with E-state index in [1.54, 1.807) is 12.1 Å². The molecular weight excluding hydrogens is 327 g/mol. The molecule has 0 saturated heterocycles. The maximum atomic E-state index is 13.5. The molecule has 0 spiro atoms. The molecule has 0 radical (unpaired) electrons. The van der Waals surface area contributed by atoms with Crippen molar-refractivity contribution in [1.82, 2.24) is 9.47 Å². The van der Waals surface area contributed by atoms with E-state index < -0.39 is 0 Å². The Labute approximate surface area is 152 Å². The Morgan fingerprint density at radius 3 is 2.58 bits per heavy atom. The lowest BCUT2D eigenvalue weighted by Crippen LogP contribution is -2.33. The summed E-state index contributed by atoms with van der Waals surface area (Å²) in [4.78, 5) is 14.8. The molecule has 0 atom stereocenters. The van der Waals surface area contributed by atoms with Crippen LogP contribution in [-0.4, -0.2) is 21.4 Å². The van der Waals surface area contributed by atoms with Gasteiger partial charge in [-0.1, -0.05) is 36.4 Å². The minimum absolute atomic E-state index is 0.0977. The van der Waals surface area contributed by atoms with Gasteiger partial charge in [0.05, 0.1) is 6.54 Å². The van der Waals surface area contributed by atoms with Gasteiger partial charge in [-0.3, -0.25) is 4.79 Å². The van der Waals surface area contributed by atoms with E-state index in [9.17, 15) is 9.18 Å². The van der Waals surface area contributed by atoms with Gasteiger partial charge in [0.1, 0.15) is 5.82 Å². The Morgan fingerprint density at radius 2 is 1.85 bits per heavy atom. The first kappa shape index (κ1) is 16.6. The number of aromatic nitrogens is 1. The number of nitrogens with zero attached hydrogens (tertiary/aromatic N) is 2. The summed E-state index contributed by atoms with van der Waals surface area (Å²) in [5.41, 5.74) is 2.72. The zero-order valence-electron chi connectivity index (χ0n) is 14.5. The van der Waals surface area contributed by atoms with Gasteiger partial charge < -0.3 is 9.47 Å². The van der Waals surface area contributed by atoms with Crippen LogP contribution in [0.2, 0.25) is 0 Å². The van der Waals surface area contributed by atoms with E-state index in [1.165, 1.54) is 17.7 Å². The van der Waals surface area contributed by atoms with Gasteiger partial charge in [-0.05, 0) is 48.7 Å². The molecule has 26 heavy (non-hydrogen) atoms. The number of halogens is 1. The van der Waals surface area contributed by atoms with Crippen LogP contribution in [-0.2, 0) is 13.1 Å². The van der Waals surface area contributed by atoms with E-state index in [1.807, 2.05) is 35.4 Å². The fraction of sp³-hybridized carbons (Fsp3) is 0.227. The number of benzene rings is 2. The van der Waals surface area contributed by atoms with E-state index >= 15 is 0 Å². The number of amides is 1. The van der Waals surface area contributed by atoms with Crippen LogP contribution in [0.15, 0.2) is 72.9 Å². The first-order valence-electron chi connectivity index (χ1n) is 8.95. The first-order chi connectivity index (χ1) is 12.7. The Hall–Kier alpha value is -2.88. The number of hydrogen-bond acceptors (Lipinski definition) is 1. The molecule has 1 heterocycles. The summed E-state index contributed by atoms with van der Waals surface area (Å²) in [6.45, 7) is 1.32. The average Bonchev–Trinajstić information content (AvgIpc) is 3.41. The highest BCUT2D eigenvalue weighted by atomic mass is 19.1. The molecule has 4 rings (SSSR count). The van der Waals surface area contributed by atoms with E-state index in [2.05, 4.69) is 22.8 Å². The van der Waals surface area contributed by atoms with E-state index in [-0.39, 0.29) is 17.8 Å². The minimum atomic E-state index is -0.376. The average molecular weight is 348 g/mol. The summed E-state index contributed by atoms with van der Waals surface area (Å²) < 4.78 is 15.7. The molecule has 1 aliphatic carbocycles. The Bertz CT molecular complexity index is 899. The summed E-state index contributed by atoms with van der Waals surface area (Å²) in [6.07, 6.45) is 4.07. The quantitative estimate of drug-likeness (QED) is 0.645. The smallest absolute Gasteiger partial charge is 0.254 e. The highest BCUT2D eigenvalue weighted by Gasteiger charge is 2.33. The van der Waals surface area contributed by atoms with Gasteiger partial charge in [-0.2, -0.15) is 0 Å². The van der Waals surface area contributed by atoms with Crippen LogP contribution in [0.3, 0.4) is 0 Å². The molecule has 132 valence electrons. The van der Waals surface area contributed by atoms with Crippen LogP contribution >= 0.6 is 0 Å². The summed E-state index contributed by atoms with van der Waals surface area (Å²) in [5, 5.41) is 0. The summed E-state index contributed by atoms with van der Waals surface area (Å²) in [6, 6.07) is 20.5. The molecule has 2 aromatic carbocycles. The van der Waals surface area contributed by atoms with Gasteiger partial charge >= 0.3 is 0 Å². The van der Waals surface area contributed by atoms with E-state index in [0.29, 0.717) is 12.1 Å². The maximum Gasteiger partial charge on any atom is 0.254 e. The third-order valence-electron chi connectivity index (χ3n) is 4.77. The zero-order chi connectivity index (χ0) is 17.9. The number of carbonyl (C=O) groups excluding carboxylic acids is 1. The zero-order valence-corrected chi connectivity index (χ0v) is 14.5. The van der Waals surface area contributed by atoms with Gasteiger partial charge in [0, 0.05) is 30.0 Å². The van der Waals surface area contributed by atoms with Gasteiger partial charge in [-0.15, -0.1) is 0 Å². The lowest BCUT2D eigenvalue weighted by molar-refractivity contribution is 0.0725. The molecule has 3 aromatic rings. The SMILES string of the molecule is O=C(c1cccc(F)c1)N(Cc1cccn1Cc1ccccc1)C1CC1. The molecule has 0 aliphatic heterocycles. The van der Waals surface area contributed by atoms with Crippen molar-refractivity contribution >= 4 is 5.91 Å². The van der Waals surface area contributed by atoms with Crippen molar-refractivity contribution in [2.45, 2.75) is 32.0 Å². The first-order valence-corrected chi connectivity index (χ1v) is 8.95. The molecule has 1 saturated carbocycles. The third kappa shape index (κ3) is 3.69. The summed E-state index contributed by atoms with van der Waals surface area (Å²) in [7, 11) is 0. The molecular formula is C22H21FN2O. The van der Waals surface area contributed by atoms with Crippen molar-refractivity contribution in [3.63, 3.8) is 0 Å². The lowest BCUT2D eigenvalue weighted by atomic mass is 10.2. The van der Waals surface area contributed by atoms with Crippen LogP contribution in [0.4, 0.5) is 4.39 Å². The fourth-order valence-electron chi connectivity index (χ4n) is 3.24. The maximum absolute atomic E-state index is 13.5. The Morgan fingerprint density at radius 1 is 1.04 bits per heavy atom. The molecule has 1 fully saturated rings. The predicted octanol–water partition coefficient (Wildman–Crippen LogP) is 4.48. The van der Waals surface area contributed by atoms with Crippen LogP contribution in [0.1, 0.15) is 34.5 Å². The topological polar surface area (TPSA) is 25.2 Å². The lowest BCUT2D eigenvalue weighted by Gasteiger charge is -2.23. The predicted molar refractivity (Wildman–Crippen MR) is 99.3 cm³/mol. The summed E-state index contributed by atoms with van der Waals surface area (Å²) in [5.74, 6) is -0.474. The van der Waals surface area contributed by atoms with Crippen molar-refractivity contribution in [1.29, 1.82) is 0 Å². The monoisotopic (exact) mass is 348 g/mol. The number of carbonyl (C=O) groups is 1. The minimum Gasteiger partial charge on any atom is -0.345 e. The highest BCUT2D eigenvalue weighted by molar-refractivity contribution is 5.94. The number of rotatable bonds is 6. The van der Waals surface area contributed by atoms with E-state index in [4.69, 9.17) is 0 Å². The van der Waals surface area contributed by atoms with Gasteiger partial charge in [0.2, 0.25) is 0 Å². The summed E-state index contributed by atoms with van der Waals surface area (Å²) >= 11 is 0. The van der Waals surface area contributed by atoms with Crippen LogP contribution < -0.4 is 0 Å². The van der Waals surface area contributed by atoms with Crippen LogP contribution in [0, 0.1) is 5.82 Å². The Kier molecular flexibility index (Phi) is 4.57. The van der Waals surface area contributed by atoms with Crippen molar-refractivity contribution < 1.29 is 9.18 Å². The van der Waals surface area contributed by atoms with E-state index in [0.717, 1.165) is 25.1 Å². The molecule has 1 aliphatic rings. The molecule has 3 nitrogen and oxygen atoms in total. The number of hydrogen-bond donors (Lipinski definition) is 0. The molecule has 1 amide bonds. The molecule has 0 unspecified atom stereocenters. The normalized spacial score (nSPS) is 13.6. The second-order valence-corrected chi connectivity index (χ2v) is 6.79. The standard InChI is InChI=1S/C22H21FN2O/c23-19-9-4-8-18(14-19)22(26)25(20-11-12-20)16-21-10-5-13-24(21)15-17-6-2-1-3-7-17/h1-10,13-14,20H,11-12,15-16H2. The third-order valence-corrected chi connectivity index (χ3v) is 4.77. The van der Waals surface area contributed by atoms with Crippen LogP contribution in [0.25, 0.3) is 0 Å². The van der Waals surface area contributed by atoms with Gasteiger partial charge in [0.15, 0.2) is 0 Å².